The summed E-state index contributed by atoms with van der Waals surface area (Å²) in [6.45, 7) is 4.13. The van der Waals surface area contributed by atoms with Gasteiger partial charge in [-0.2, -0.15) is 11.8 Å². The molecule has 0 saturated carbocycles. The number of hydrogen-bond acceptors (Lipinski definition) is 3. The van der Waals surface area contributed by atoms with Gasteiger partial charge in [0.05, 0.1) is 0 Å². The van der Waals surface area contributed by atoms with Crippen LogP contribution in [0.3, 0.4) is 0 Å². The average molecular weight is 301 g/mol. The number of aryl methyl sites for hydroxylation is 1. The fraction of sp³-hybridized carbons (Fsp3) is 0.571. The second-order valence-electron chi connectivity index (χ2n) is 4.64. The van der Waals surface area contributed by atoms with E-state index >= 15 is 0 Å². The Kier molecular flexibility index (Phi) is 6.66. The van der Waals surface area contributed by atoms with Crippen molar-refractivity contribution in [2.24, 2.45) is 0 Å². The molecule has 0 aliphatic rings. The molecule has 1 aromatic heterocycles. The molecule has 1 heterocycles. The number of pyridine rings is 1. The Bertz CT molecular complexity index is 439. The van der Waals surface area contributed by atoms with E-state index in [9.17, 15) is 4.79 Å². The summed E-state index contributed by atoms with van der Waals surface area (Å²) in [7, 11) is 1.83. The third-order valence-corrected chi connectivity index (χ3v) is 4.00. The molecule has 0 spiro atoms. The first kappa shape index (κ1) is 16.3. The quantitative estimate of drug-likeness (QED) is 0.754. The topological polar surface area (TPSA) is 33.2 Å². The standard InChI is InChI=1S/C14H21ClN2OS/c1-5-6-12-7-11(8-13(15)16-12)14(18)17(3)10(2)9-19-4/h7-8,10H,5-6,9H2,1-4H3. The lowest BCUT2D eigenvalue weighted by Crippen LogP contribution is -2.36. The lowest BCUT2D eigenvalue weighted by molar-refractivity contribution is 0.0757. The maximum atomic E-state index is 12.4. The molecule has 0 aliphatic carbocycles. The maximum absolute atomic E-state index is 12.4. The largest absolute Gasteiger partial charge is 0.338 e. The Morgan fingerprint density at radius 3 is 2.79 bits per heavy atom. The normalized spacial score (nSPS) is 12.3. The molecule has 0 bridgehead atoms. The van der Waals surface area contributed by atoms with Crippen LogP contribution in [-0.4, -0.2) is 40.9 Å². The molecular formula is C14H21ClN2OS. The lowest BCUT2D eigenvalue weighted by atomic mass is 10.1. The van der Waals surface area contributed by atoms with Gasteiger partial charge >= 0.3 is 0 Å². The molecule has 1 unspecified atom stereocenters. The summed E-state index contributed by atoms with van der Waals surface area (Å²) in [6, 6.07) is 3.69. The fourth-order valence-electron chi connectivity index (χ4n) is 1.82. The highest BCUT2D eigenvalue weighted by Crippen LogP contribution is 2.15. The van der Waals surface area contributed by atoms with Crippen LogP contribution in [0.2, 0.25) is 5.15 Å². The van der Waals surface area contributed by atoms with Gasteiger partial charge in [0.15, 0.2) is 0 Å². The molecule has 0 aromatic carbocycles. The van der Waals surface area contributed by atoms with Crippen LogP contribution in [0.1, 0.15) is 36.3 Å². The molecule has 0 aliphatic heterocycles. The highest BCUT2D eigenvalue weighted by Gasteiger charge is 2.18. The molecule has 3 nitrogen and oxygen atoms in total. The molecule has 1 rings (SSSR count). The minimum absolute atomic E-state index is 0.00297. The van der Waals surface area contributed by atoms with Gasteiger partial charge < -0.3 is 4.90 Å². The highest BCUT2D eigenvalue weighted by molar-refractivity contribution is 7.98. The van der Waals surface area contributed by atoms with E-state index in [1.54, 1.807) is 22.7 Å². The third-order valence-electron chi connectivity index (χ3n) is 2.99. The van der Waals surface area contributed by atoms with Crippen LogP contribution in [0, 0.1) is 0 Å². The second-order valence-corrected chi connectivity index (χ2v) is 5.94. The van der Waals surface area contributed by atoms with Gasteiger partial charge in [0.25, 0.3) is 5.91 Å². The van der Waals surface area contributed by atoms with Crippen molar-refractivity contribution in [3.63, 3.8) is 0 Å². The van der Waals surface area contributed by atoms with Crippen LogP contribution in [0.25, 0.3) is 0 Å². The van der Waals surface area contributed by atoms with Gasteiger partial charge in [-0.25, -0.2) is 4.98 Å². The summed E-state index contributed by atoms with van der Waals surface area (Å²) in [5.41, 5.74) is 1.50. The first-order valence-corrected chi connectivity index (χ1v) is 8.19. The van der Waals surface area contributed by atoms with Gasteiger partial charge in [0.1, 0.15) is 5.15 Å². The van der Waals surface area contributed by atoms with Gasteiger partial charge in [-0.3, -0.25) is 4.79 Å². The number of halogens is 1. The van der Waals surface area contributed by atoms with Crippen molar-refractivity contribution in [1.82, 2.24) is 9.88 Å². The van der Waals surface area contributed by atoms with Crippen molar-refractivity contribution in [1.29, 1.82) is 0 Å². The number of rotatable bonds is 6. The molecule has 0 fully saturated rings. The Balaban J connectivity index is 2.92. The monoisotopic (exact) mass is 300 g/mol. The van der Waals surface area contributed by atoms with Crippen molar-refractivity contribution < 1.29 is 4.79 Å². The van der Waals surface area contributed by atoms with Crippen LogP contribution in [0.15, 0.2) is 12.1 Å². The molecule has 0 saturated heterocycles. The van der Waals surface area contributed by atoms with E-state index in [2.05, 4.69) is 11.9 Å². The van der Waals surface area contributed by atoms with E-state index in [0.29, 0.717) is 10.7 Å². The van der Waals surface area contributed by atoms with Crippen LogP contribution in [0.5, 0.6) is 0 Å². The van der Waals surface area contributed by atoms with E-state index in [0.717, 1.165) is 24.3 Å². The minimum Gasteiger partial charge on any atom is -0.338 e. The molecule has 1 aromatic rings. The first-order chi connectivity index (χ1) is 8.99. The number of carbonyl (C=O) groups is 1. The van der Waals surface area contributed by atoms with E-state index in [1.165, 1.54) is 0 Å². The Morgan fingerprint density at radius 1 is 1.53 bits per heavy atom. The van der Waals surface area contributed by atoms with E-state index in [1.807, 2.05) is 26.3 Å². The van der Waals surface area contributed by atoms with Crippen molar-refractivity contribution in [3.8, 4) is 0 Å². The SMILES string of the molecule is CCCc1cc(C(=O)N(C)C(C)CSC)cc(Cl)n1. The maximum Gasteiger partial charge on any atom is 0.254 e. The van der Waals surface area contributed by atoms with Crippen molar-refractivity contribution >= 4 is 29.3 Å². The predicted octanol–water partition coefficient (Wildman–Crippen LogP) is 3.51. The van der Waals surface area contributed by atoms with E-state index < -0.39 is 0 Å². The Morgan fingerprint density at radius 2 is 2.21 bits per heavy atom. The summed E-state index contributed by atoms with van der Waals surface area (Å²) >= 11 is 7.72. The van der Waals surface area contributed by atoms with Gasteiger partial charge in [0, 0.05) is 30.1 Å². The zero-order valence-corrected chi connectivity index (χ0v) is 13.5. The van der Waals surface area contributed by atoms with Gasteiger partial charge in [-0.15, -0.1) is 0 Å². The molecule has 19 heavy (non-hydrogen) atoms. The van der Waals surface area contributed by atoms with Crippen molar-refractivity contribution in [2.45, 2.75) is 32.7 Å². The summed E-state index contributed by atoms with van der Waals surface area (Å²) in [5.74, 6) is 0.922. The van der Waals surface area contributed by atoms with Gasteiger partial charge in [-0.1, -0.05) is 24.9 Å². The number of carbonyl (C=O) groups excluding carboxylic acids is 1. The van der Waals surface area contributed by atoms with Crippen molar-refractivity contribution in [2.75, 3.05) is 19.1 Å². The molecule has 1 atom stereocenters. The van der Waals surface area contributed by atoms with Crippen LogP contribution in [-0.2, 0) is 6.42 Å². The number of hydrogen-bond donors (Lipinski definition) is 0. The second kappa shape index (κ2) is 7.75. The van der Waals surface area contributed by atoms with Crippen LogP contribution in [0.4, 0.5) is 0 Å². The van der Waals surface area contributed by atoms with E-state index in [4.69, 9.17) is 11.6 Å². The molecule has 0 N–H and O–H groups in total. The summed E-state index contributed by atoms with van der Waals surface area (Å²) in [6.07, 6.45) is 3.86. The van der Waals surface area contributed by atoms with Crippen LogP contribution < -0.4 is 0 Å². The smallest absolute Gasteiger partial charge is 0.254 e. The Hall–Kier alpha value is -0.740. The third kappa shape index (κ3) is 4.69. The summed E-state index contributed by atoms with van der Waals surface area (Å²) < 4.78 is 0. The first-order valence-electron chi connectivity index (χ1n) is 6.42. The molecular weight excluding hydrogens is 280 g/mol. The van der Waals surface area contributed by atoms with E-state index in [-0.39, 0.29) is 11.9 Å². The van der Waals surface area contributed by atoms with Crippen molar-refractivity contribution in [3.05, 3.63) is 28.5 Å². The summed E-state index contributed by atoms with van der Waals surface area (Å²) in [4.78, 5) is 18.4. The number of thioether (sulfide) groups is 1. The lowest BCUT2D eigenvalue weighted by Gasteiger charge is -2.24. The number of aromatic nitrogens is 1. The van der Waals surface area contributed by atoms with Gasteiger partial charge in [0.2, 0.25) is 0 Å². The molecule has 0 radical (unpaired) electrons. The molecule has 106 valence electrons. The average Bonchev–Trinajstić information content (AvgIpc) is 2.37. The predicted molar refractivity (Wildman–Crippen MR) is 83.2 cm³/mol. The highest BCUT2D eigenvalue weighted by atomic mass is 35.5. The van der Waals surface area contributed by atoms with Gasteiger partial charge in [-0.05, 0) is 31.7 Å². The zero-order valence-electron chi connectivity index (χ0n) is 11.9. The molecule has 1 amide bonds. The van der Waals surface area contributed by atoms with Crippen LogP contribution >= 0.6 is 23.4 Å². The Labute approximate surface area is 124 Å². The minimum atomic E-state index is 0.00297. The number of amides is 1. The fourth-order valence-corrected chi connectivity index (χ4v) is 2.75. The number of nitrogens with zero attached hydrogens (tertiary/aromatic N) is 2. The zero-order chi connectivity index (χ0) is 14.4. The molecule has 5 heteroatoms. The summed E-state index contributed by atoms with van der Waals surface area (Å²) in [5, 5.41) is 0.389.